The number of ether oxygens (including phenoxy) is 1. The number of carbonyl (C=O) groups excluding carboxylic acids is 1. The number of aryl methyl sites for hydroxylation is 2. The van der Waals surface area contributed by atoms with Crippen LogP contribution in [-0.2, 0) is 17.8 Å². The van der Waals surface area contributed by atoms with Crippen LogP contribution < -0.4 is 5.32 Å². The second-order valence-electron chi connectivity index (χ2n) is 8.00. The third-order valence-corrected chi connectivity index (χ3v) is 7.30. The number of nitrogens with zero attached hydrogens (tertiary/aromatic N) is 4. The largest absolute Gasteiger partial charge is 0.465 e. The van der Waals surface area contributed by atoms with Crippen molar-refractivity contribution in [2.24, 2.45) is 0 Å². The van der Waals surface area contributed by atoms with Gasteiger partial charge in [-0.25, -0.2) is 4.79 Å². The zero-order chi connectivity index (χ0) is 23.4. The van der Waals surface area contributed by atoms with Crippen LogP contribution in [0.4, 0.5) is 5.00 Å². The van der Waals surface area contributed by atoms with Crippen molar-refractivity contribution in [3.05, 3.63) is 59.4 Å². The quantitative estimate of drug-likeness (QED) is 0.416. The van der Waals surface area contributed by atoms with Gasteiger partial charge in [0.15, 0.2) is 5.11 Å². The van der Waals surface area contributed by atoms with Crippen LogP contribution in [0.5, 0.6) is 0 Å². The molecule has 9 heteroatoms. The molecule has 0 radical (unpaired) electrons. The van der Waals surface area contributed by atoms with Crippen molar-refractivity contribution < 1.29 is 9.53 Å². The molecule has 0 saturated carbocycles. The zero-order valence-corrected chi connectivity index (χ0v) is 20.8. The molecular weight excluding hydrogens is 454 g/mol. The van der Waals surface area contributed by atoms with E-state index in [0.717, 1.165) is 60.4 Å². The zero-order valence-electron chi connectivity index (χ0n) is 19.2. The summed E-state index contributed by atoms with van der Waals surface area (Å²) in [5.74, 6) is -0.369. The van der Waals surface area contributed by atoms with Crippen LogP contribution in [0.2, 0.25) is 0 Å². The second-order valence-corrected chi connectivity index (χ2v) is 9.44. The summed E-state index contributed by atoms with van der Waals surface area (Å²) in [4.78, 5) is 18.0. The standard InChI is InChI=1S/C24H29N5O2S2/c1-4-29-16-19(17(2)26-29)15-27-10-12-28(13-11-27)24(32)25-22-20(23(30)31-3)14-21(33-22)18-8-6-5-7-9-18/h5-9,14,16H,4,10-13,15H2,1-3H3,(H,25,32). The number of hydrogen-bond acceptors (Lipinski definition) is 6. The van der Waals surface area contributed by atoms with Gasteiger partial charge < -0.3 is 15.0 Å². The molecule has 0 bridgehead atoms. The fraction of sp³-hybridized carbons (Fsp3) is 0.375. The smallest absolute Gasteiger partial charge is 0.340 e. The molecule has 3 heterocycles. The van der Waals surface area contributed by atoms with Crippen molar-refractivity contribution in [1.29, 1.82) is 0 Å². The predicted octanol–water partition coefficient (Wildman–Crippen LogP) is 4.24. The maximum absolute atomic E-state index is 12.4. The van der Waals surface area contributed by atoms with E-state index in [4.69, 9.17) is 17.0 Å². The lowest BCUT2D eigenvalue weighted by molar-refractivity contribution is 0.0602. The van der Waals surface area contributed by atoms with Crippen LogP contribution in [0.1, 0.15) is 28.5 Å². The van der Waals surface area contributed by atoms with Gasteiger partial charge in [0.2, 0.25) is 0 Å². The van der Waals surface area contributed by atoms with Crippen molar-refractivity contribution >= 4 is 39.6 Å². The third-order valence-electron chi connectivity index (χ3n) is 5.84. The molecule has 1 fully saturated rings. The highest BCUT2D eigenvalue weighted by Crippen LogP contribution is 2.36. The van der Waals surface area contributed by atoms with E-state index in [1.165, 1.54) is 24.0 Å². The van der Waals surface area contributed by atoms with E-state index in [0.29, 0.717) is 10.7 Å². The van der Waals surface area contributed by atoms with Gasteiger partial charge in [0.1, 0.15) is 5.00 Å². The average molecular weight is 484 g/mol. The first-order valence-electron chi connectivity index (χ1n) is 11.1. The minimum atomic E-state index is -0.369. The molecule has 174 valence electrons. The lowest BCUT2D eigenvalue weighted by Gasteiger charge is -2.36. The molecule has 0 atom stereocenters. The number of methoxy groups -OCH3 is 1. The van der Waals surface area contributed by atoms with Gasteiger partial charge in [-0.2, -0.15) is 5.10 Å². The van der Waals surface area contributed by atoms with Crippen molar-refractivity contribution in [3.8, 4) is 10.4 Å². The summed E-state index contributed by atoms with van der Waals surface area (Å²) in [7, 11) is 1.40. The summed E-state index contributed by atoms with van der Waals surface area (Å²) < 4.78 is 6.99. The number of rotatable bonds is 6. The predicted molar refractivity (Wildman–Crippen MR) is 137 cm³/mol. The lowest BCUT2D eigenvalue weighted by Crippen LogP contribution is -2.49. The number of esters is 1. The van der Waals surface area contributed by atoms with Crippen molar-refractivity contribution in [1.82, 2.24) is 19.6 Å². The number of thiocarbonyl (C=S) groups is 1. The molecule has 1 aliphatic heterocycles. The molecule has 1 aliphatic rings. The molecule has 7 nitrogen and oxygen atoms in total. The number of anilines is 1. The van der Waals surface area contributed by atoms with Gasteiger partial charge in [-0.1, -0.05) is 30.3 Å². The van der Waals surface area contributed by atoms with Crippen LogP contribution in [0, 0.1) is 6.92 Å². The Morgan fingerprint density at radius 3 is 2.58 bits per heavy atom. The fourth-order valence-electron chi connectivity index (χ4n) is 3.89. The summed E-state index contributed by atoms with van der Waals surface area (Å²) in [6.45, 7) is 9.46. The highest BCUT2D eigenvalue weighted by atomic mass is 32.1. The lowest BCUT2D eigenvalue weighted by atomic mass is 10.1. The Morgan fingerprint density at radius 2 is 1.94 bits per heavy atom. The normalized spacial score (nSPS) is 14.3. The Hall–Kier alpha value is -2.75. The number of aromatic nitrogens is 2. The highest BCUT2D eigenvalue weighted by molar-refractivity contribution is 7.80. The van der Waals surface area contributed by atoms with Gasteiger partial charge in [0.25, 0.3) is 0 Å². The first-order chi connectivity index (χ1) is 16.0. The summed E-state index contributed by atoms with van der Waals surface area (Å²) >= 11 is 7.22. The fourth-order valence-corrected chi connectivity index (χ4v) is 5.29. The number of thiophene rings is 1. The summed E-state index contributed by atoms with van der Waals surface area (Å²) in [6, 6.07) is 11.9. The van der Waals surface area contributed by atoms with E-state index in [2.05, 4.69) is 40.3 Å². The van der Waals surface area contributed by atoms with E-state index in [-0.39, 0.29) is 5.97 Å². The number of hydrogen-bond donors (Lipinski definition) is 1. The van der Waals surface area contributed by atoms with Crippen LogP contribution in [0.3, 0.4) is 0 Å². The van der Waals surface area contributed by atoms with Gasteiger partial charge in [0.05, 0.1) is 18.4 Å². The SMILES string of the molecule is CCn1cc(CN2CCN(C(=S)Nc3sc(-c4ccccc4)cc3C(=O)OC)CC2)c(C)n1. The van der Waals surface area contributed by atoms with Crippen molar-refractivity contribution in [2.45, 2.75) is 26.9 Å². The maximum Gasteiger partial charge on any atom is 0.340 e. The van der Waals surface area contributed by atoms with Gasteiger partial charge in [-0.15, -0.1) is 11.3 Å². The molecule has 1 aromatic carbocycles. The van der Waals surface area contributed by atoms with Crippen LogP contribution in [0.25, 0.3) is 10.4 Å². The minimum absolute atomic E-state index is 0.369. The third kappa shape index (κ3) is 5.43. The summed E-state index contributed by atoms with van der Waals surface area (Å²) in [5.41, 5.74) is 3.94. The topological polar surface area (TPSA) is 62.6 Å². The summed E-state index contributed by atoms with van der Waals surface area (Å²) in [6.07, 6.45) is 2.14. The van der Waals surface area contributed by atoms with E-state index in [1.54, 1.807) is 0 Å². The molecule has 0 amide bonds. The average Bonchev–Trinajstić information content (AvgIpc) is 3.42. The number of nitrogens with one attached hydrogen (secondary N) is 1. The molecular formula is C24H29N5O2S2. The molecule has 4 rings (SSSR count). The Balaban J connectivity index is 1.40. The molecule has 0 aliphatic carbocycles. The van der Waals surface area contributed by atoms with Crippen LogP contribution in [-0.4, -0.2) is 64.0 Å². The Bertz CT molecular complexity index is 1120. The van der Waals surface area contributed by atoms with E-state index < -0.39 is 0 Å². The van der Waals surface area contributed by atoms with Crippen molar-refractivity contribution in [2.75, 3.05) is 38.6 Å². The molecule has 33 heavy (non-hydrogen) atoms. The molecule has 1 saturated heterocycles. The maximum atomic E-state index is 12.4. The van der Waals surface area contributed by atoms with Gasteiger partial charge >= 0.3 is 5.97 Å². The van der Waals surface area contributed by atoms with Crippen LogP contribution >= 0.6 is 23.6 Å². The number of benzene rings is 1. The molecule has 0 spiro atoms. The van der Waals surface area contributed by atoms with E-state index >= 15 is 0 Å². The Labute approximate surface area is 204 Å². The highest BCUT2D eigenvalue weighted by Gasteiger charge is 2.23. The van der Waals surface area contributed by atoms with Gasteiger partial charge in [0, 0.05) is 55.9 Å². The van der Waals surface area contributed by atoms with E-state index in [9.17, 15) is 4.79 Å². The monoisotopic (exact) mass is 483 g/mol. The van der Waals surface area contributed by atoms with Crippen molar-refractivity contribution in [3.63, 3.8) is 0 Å². The van der Waals surface area contributed by atoms with Gasteiger partial charge in [-0.05, 0) is 37.7 Å². The molecule has 3 aromatic rings. The Morgan fingerprint density at radius 1 is 1.21 bits per heavy atom. The minimum Gasteiger partial charge on any atom is -0.465 e. The first-order valence-corrected chi connectivity index (χ1v) is 12.3. The number of carbonyl (C=O) groups is 1. The molecule has 2 aromatic heterocycles. The second kappa shape index (κ2) is 10.5. The summed E-state index contributed by atoms with van der Waals surface area (Å²) in [5, 5.41) is 9.22. The number of piperazine rings is 1. The van der Waals surface area contributed by atoms with E-state index in [1.807, 2.05) is 41.1 Å². The molecule has 1 N–H and O–H groups in total. The molecule has 0 unspecified atom stereocenters. The van der Waals surface area contributed by atoms with Crippen LogP contribution in [0.15, 0.2) is 42.6 Å². The first kappa shape index (κ1) is 23.4. The van der Waals surface area contributed by atoms with Gasteiger partial charge in [-0.3, -0.25) is 9.58 Å². The Kier molecular flexibility index (Phi) is 7.42.